The number of piperidine rings is 2. The number of hydrogen-bond acceptors (Lipinski definition) is 4. The first-order chi connectivity index (χ1) is 22.6. The van der Waals surface area contributed by atoms with Gasteiger partial charge in [-0.3, -0.25) is 9.69 Å². The number of rotatable bonds is 7. The molecule has 1 N–H and O–H groups in total. The van der Waals surface area contributed by atoms with Crippen molar-refractivity contribution in [2.45, 2.75) is 69.2 Å². The molecule has 10 heteroatoms. The fourth-order valence-corrected chi connectivity index (χ4v) is 8.32. The van der Waals surface area contributed by atoms with Crippen LogP contribution in [0.2, 0.25) is 5.02 Å². The molecule has 3 aliphatic rings. The van der Waals surface area contributed by atoms with E-state index in [1.807, 2.05) is 30.3 Å². The number of pyridine rings is 1. The van der Waals surface area contributed by atoms with Gasteiger partial charge in [0.2, 0.25) is 0 Å². The van der Waals surface area contributed by atoms with Crippen LogP contribution in [0.4, 0.5) is 13.2 Å². The molecule has 0 spiro atoms. The van der Waals surface area contributed by atoms with E-state index in [2.05, 4.69) is 31.0 Å². The predicted molar refractivity (Wildman–Crippen MR) is 183 cm³/mol. The van der Waals surface area contributed by atoms with Crippen molar-refractivity contribution >= 4 is 44.3 Å². The smallest absolute Gasteiger partial charge is 0.342 e. The van der Waals surface area contributed by atoms with E-state index >= 15 is 0 Å². The van der Waals surface area contributed by atoms with E-state index in [1.165, 1.54) is 25.3 Å². The summed E-state index contributed by atoms with van der Waals surface area (Å²) in [5.41, 5.74) is 1.97. The highest BCUT2D eigenvalue weighted by molar-refractivity contribution is 9.10. The van der Waals surface area contributed by atoms with Gasteiger partial charge in [-0.2, -0.15) is 13.2 Å². The van der Waals surface area contributed by atoms with Gasteiger partial charge in [0, 0.05) is 38.6 Å². The highest BCUT2D eigenvalue weighted by atomic mass is 79.9. The lowest BCUT2D eigenvalue weighted by molar-refractivity contribution is -0.137. The third-order valence-electron chi connectivity index (χ3n) is 10.1. The molecule has 3 aromatic carbocycles. The second-order valence-electron chi connectivity index (χ2n) is 13.2. The number of nitrogens with one attached hydrogen (secondary N) is 1. The third-order valence-corrected chi connectivity index (χ3v) is 10.9. The average molecular weight is 726 g/mol. The number of alkyl halides is 3. The van der Waals surface area contributed by atoms with Crippen LogP contribution in [0.25, 0.3) is 22.2 Å². The van der Waals surface area contributed by atoms with Crippen molar-refractivity contribution in [1.82, 2.24) is 20.1 Å². The fourth-order valence-electron chi connectivity index (χ4n) is 7.42. The van der Waals surface area contributed by atoms with E-state index in [0.717, 1.165) is 69.6 Å². The lowest BCUT2D eigenvalue weighted by Gasteiger charge is -2.40. The molecule has 0 atom stereocenters. The Morgan fingerprint density at radius 2 is 1.68 bits per heavy atom. The minimum atomic E-state index is -4.52. The van der Waals surface area contributed by atoms with E-state index in [-0.39, 0.29) is 5.91 Å². The summed E-state index contributed by atoms with van der Waals surface area (Å²) in [6, 6.07) is 19.1. The summed E-state index contributed by atoms with van der Waals surface area (Å²) in [5.74, 6) is -0.278. The van der Waals surface area contributed by atoms with Gasteiger partial charge in [-0.1, -0.05) is 60.5 Å². The number of aromatic nitrogens is 1. The van der Waals surface area contributed by atoms with E-state index in [9.17, 15) is 18.0 Å². The van der Waals surface area contributed by atoms with Crippen LogP contribution in [0.15, 0.2) is 71.2 Å². The second kappa shape index (κ2) is 13.1. The van der Waals surface area contributed by atoms with Crippen molar-refractivity contribution in [3.8, 4) is 11.3 Å². The van der Waals surface area contributed by atoms with Gasteiger partial charge >= 0.3 is 6.18 Å². The highest BCUT2D eigenvalue weighted by Gasteiger charge is 2.46. The number of carbonyl (C=O) groups excluding carboxylic acids is 1. The van der Waals surface area contributed by atoms with Crippen LogP contribution in [0.1, 0.15) is 72.0 Å². The Hall–Kier alpha value is -2.98. The quantitative estimate of drug-likeness (QED) is 0.207. The second-order valence-corrected chi connectivity index (χ2v) is 14.5. The van der Waals surface area contributed by atoms with Crippen LogP contribution < -0.4 is 5.32 Å². The fraction of sp³-hybridized carbons (Fsp3) is 0.405. The van der Waals surface area contributed by atoms with Crippen molar-refractivity contribution in [3.05, 3.63) is 98.5 Å². The van der Waals surface area contributed by atoms with E-state index in [1.54, 1.807) is 18.2 Å². The average Bonchev–Trinajstić information content (AvgIpc) is 3.85. The number of likely N-dealkylation sites (tertiary alicyclic amines) is 2. The maximum atomic E-state index is 14.6. The number of benzene rings is 3. The maximum Gasteiger partial charge on any atom is 0.416 e. The molecule has 0 radical (unpaired) electrons. The predicted octanol–water partition coefficient (Wildman–Crippen LogP) is 9.21. The molecule has 1 aromatic heterocycles. The Bertz CT molecular complexity index is 1780. The SMILES string of the molecule is O=C(NC1(c2ccccc2)CC1)c1c(CN2CCC(N3CCCCC3)CC2)c(-c2cccc(C(F)(F)F)c2)nc2c(Br)cc(Cl)cc12. The van der Waals surface area contributed by atoms with Crippen LogP contribution in [-0.4, -0.2) is 52.9 Å². The highest BCUT2D eigenvalue weighted by Crippen LogP contribution is 2.46. The summed E-state index contributed by atoms with van der Waals surface area (Å²) in [5, 5.41) is 4.35. The summed E-state index contributed by atoms with van der Waals surface area (Å²) in [4.78, 5) is 24.6. The molecule has 0 bridgehead atoms. The van der Waals surface area contributed by atoms with Crippen molar-refractivity contribution in [2.75, 3.05) is 26.2 Å². The normalized spacial score (nSPS) is 19.2. The summed E-state index contributed by atoms with van der Waals surface area (Å²) in [6.45, 7) is 4.32. The van der Waals surface area contributed by atoms with Crippen molar-refractivity contribution < 1.29 is 18.0 Å². The Balaban J connectivity index is 1.34. The molecule has 4 aromatic rings. The topological polar surface area (TPSA) is 48.5 Å². The summed E-state index contributed by atoms with van der Waals surface area (Å²) >= 11 is 10.2. The van der Waals surface area contributed by atoms with Crippen molar-refractivity contribution in [2.24, 2.45) is 0 Å². The summed E-state index contributed by atoms with van der Waals surface area (Å²) < 4.78 is 42.4. The first-order valence-electron chi connectivity index (χ1n) is 16.4. The molecule has 5 nitrogen and oxygen atoms in total. The molecule has 1 amide bonds. The number of fused-ring (bicyclic) bond motifs is 1. The Labute approximate surface area is 286 Å². The molecular weight excluding hydrogens is 689 g/mol. The van der Waals surface area contributed by atoms with Gasteiger partial charge in [0.05, 0.1) is 27.9 Å². The van der Waals surface area contributed by atoms with E-state index in [0.29, 0.717) is 55.4 Å². The molecule has 47 heavy (non-hydrogen) atoms. The molecule has 7 rings (SSSR count). The molecule has 1 aliphatic carbocycles. The molecule has 246 valence electrons. The number of carbonyl (C=O) groups is 1. The molecule has 2 saturated heterocycles. The Kier molecular flexibility index (Phi) is 9.11. The van der Waals surface area contributed by atoms with Crippen LogP contribution in [0.3, 0.4) is 0 Å². The minimum Gasteiger partial charge on any atom is -0.342 e. The van der Waals surface area contributed by atoms with Crippen molar-refractivity contribution in [3.63, 3.8) is 0 Å². The summed E-state index contributed by atoms with van der Waals surface area (Å²) in [6.07, 6.45) is 2.87. The first-order valence-corrected chi connectivity index (χ1v) is 17.6. The number of nitrogens with zero attached hydrogens (tertiary/aromatic N) is 3. The number of halogens is 5. The first kappa shape index (κ1) is 32.6. The molecule has 1 saturated carbocycles. The van der Waals surface area contributed by atoms with Gasteiger partial charge in [0.25, 0.3) is 5.91 Å². The monoisotopic (exact) mass is 724 g/mol. The van der Waals surface area contributed by atoms with Crippen molar-refractivity contribution in [1.29, 1.82) is 0 Å². The van der Waals surface area contributed by atoms with Crippen LogP contribution in [0.5, 0.6) is 0 Å². The zero-order valence-corrected chi connectivity index (χ0v) is 28.4. The molecule has 2 aliphatic heterocycles. The van der Waals surface area contributed by atoms with Gasteiger partial charge in [-0.15, -0.1) is 0 Å². The number of hydrogen-bond donors (Lipinski definition) is 1. The number of amides is 1. The molecule has 3 heterocycles. The van der Waals surface area contributed by atoms with E-state index in [4.69, 9.17) is 16.6 Å². The zero-order chi connectivity index (χ0) is 32.8. The maximum absolute atomic E-state index is 14.6. The van der Waals surface area contributed by atoms with Gasteiger partial charge in [0.1, 0.15) is 0 Å². The molecule has 0 unspecified atom stereocenters. The van der Waals surface area contributed by atoms with Crippen LogP contribution >= 0.6 is 27.5 Å². The lowest BCUT2D eigenvalue weighted by Crippen LogP contribution is -2.46. The largest absolute Gasteiger partial charge is 0.416 e. The Morgan fingerprint density at radius 1 is 0.957 bits per heavy atom. The van der Waals surface area contributed by atoms with Gasteiger partial charge in [-0.25, -0.2) is 4.98 Å². The minimum absolute atomic E-state index is 0.278. The molecular formula is C37H37BrClF3N4O. The van der Waals surface area contributed by atoms with E-state index < -0.39 is 17.3 Å². The van der Waals surface area contributed by atoms with Gasteiger partial charge in [0.15, 0.2) is 0 Å². The standard InChI is InChI=1S/C37H37BrClF3N4O/c38-31-22-27(39)21-29-32(35(47)44-36(14-15-36)25-9-3-1-4-10-25)30(23-45-18-12-28(13-19-45)46-16-5-2-6-17-46)33(43-34(29)31)24-8-7-11-26(20-24)37(40,41)42/h1,3-4,7-11,20-22,28H,2,5-6,12-19,23H2,(H,44,47). The Morgan fingerprint density at radius 3 is 2.36 bits per heavy atom. The van der Waals surface area contributed by atoms with Crippen LogP contribution in [-0.2, 0) is 18.3 Å². The van der Waals surface area contributed by atoms with Gasteiger partial charge in [-0.05, 0) is 110 Å². The van der Waals surface area contributed by atoms with Crippen LogP contribution in [0, 0.1) is 0 Å². The summed E-state index contributed by atoms with van der Waals surface area (Å²) in [7, 11) is 0. The third kappa shape index (κ3) is 6.82. The van der Waals surface area contributed by atoms with Gasteiger partial charge < -0.3 is 10.2 Å². The zero-order valence-electron chi connectivity index (χ0n) is 26.1. The lowest BCUT2D eigenvalue weighted by atomic mass is 9.93. The molecule has 3 fully saturated rings.